The normalized spacial score (nSPS) is 12.9. The van der Waals surface area contributed by atoms with Gasteiger partial charge in [0.05, 0.1) is 5.75 Å². The fourth-order valence-electron chi connectivity index (χ4n) is 0.510. The van der Waals surface area contributed by atoms with E-state index in [9.17, 15) is 8.76 Å². The van der Waals surface area contributed by atoms with E-state index in [1.807, 2.05) is 0 Å². The van der Waals surface area contributed by atoms with Gasteiger partial charge in [-0.3, -0.25) is 4.21 Å². The summed E-state index contributed by atoms with van der Waals surface area (Å²) in [6.07, 6.45) is 3.02. The quantitative estimate of drug-likeness (QED) is 0.560. The molecule has 1 unspecified atom stereocenters. The third-order valence-corrected chi connectivity index (χ3v) is 1.36. The molecule has 5 heteroatoms. The first-order chi connectivity index (χ1) is 4.79. The Morgan fingerprint density at radius 2 is 2.10 bits per heavy atom. The highest BCUT2D eigenvalue weighted by molar-refractivity contribution is 7.78. The average molecular weight is 157 g/mol. The number of aromatic nitrogens is 2. The van der Waals surface area contributed by atoms with E-state index in [4.69, 9.17) is 0 Å². The van der Waals surface area contributed by atoms with Crippen LogP contribution < -0.4 is 0 Å². The van der Waals surface area contributed by atoms with Crippen molar-refractivity contribution in [1.29, 1.82) is 0 Å². The summed E-state index contributed by atoms with van der Waals surface area (Å²) in [6, 6.07) is 1.64. The molecule has 1 heterocycles. The molecule has 1 rings (SSSR count). The monoisotopic (exact) mass is 157 g/mol. The van der Waals surface area contributed by atoms with Crippen LogP contribution in [-0.4, -0.2) is 18.7 Å². The van der Waals surface area contributed by atoms with E-state index in [-0.39, 0.29) is 5.75 Å². The van der Waals surface area contributed by atoms with Crippen LogP contribution in [0.3, 0.4) is 0 Å². The van der Waals surface area contributed by atoms with Crippen LogP contribution in [0.5, 0.6) is 0 Å². The predicted octanol–water partition coefficient (Wildman–Crippen LogP) is -0.144. The molecule has 0 aliphatic heterocycles. The van der Waals surface area contributed by atoms with Crippen molar-refractivity contribution >= 4 is 11.1 Å². The highest BCUT2D eigenvalue weighted by Gasteiger charge is 1.91. The highest BCUT2D eigenvalue weighted by Crippen LogP contribution is 1.90. The first-order valence-corrected chi connectivity index (χ1v) is 3.85. The molecule has 1 aromatic heterocycles. The fraction of sp³-hybridized carbons (Fsp3) is 0.200. The lowest BCUT2D eigenvalue weighted by Gasteiger charge is -2.00. The zero-order valence-electron chi connectivity index (χ0n) is 5.06. The zero-order chi connectivity index (χ0) is 7.40. The van der Waals surface area contributed by atoms with Gasteiger partial charge in [-0.15, -0.1) is 0 Å². The molecule has 0 saturated heterocycles. The van der Waals surface area contributed by atoms with E-state index in [2.05, 4.69) is 9.97 Å². The number of rotatable bonds is 2. The van der Waals surface area contributed by atoms with Crippen LogP contribution in [0.1, 0.15) is 5.82 Å². The van der Waals surface area contributed by atoms with Crippen LogP contribution in [-0.2, 0) is 16.8 Å². The van der Waals surface area contributed by atoms with Crippen molar-refractivity contribution < 1.29 is 8.76 Å². The van der Waals surface area contributed by atoms with Crippen LogP contribution in [0.4, 0.5) is 0 Å². The van der Waals surface area contributed by atoms with E-state index in [1.54, 1.807) is 6.07 Å². The molecule has 0 aliphatic carbocycles. The Bertz CT molecular complexity index is 226. The van der Waals surface area contributed by atoms with Gasteiger partial charge >= 0.3 is 0 Å². The van der Waals surface area contributed by atoms with E-state index in [0.29, 0.717) is 5.82 Å². The minimum absolute atomic E-state index is 0.110. The van der Waals surface area contributed by atoms with E-state index < -0.39 is 11.1 Å². The van der Waals surface area contributed by atoms with Crippen molar-refractivity contribution in [3.63, 3.8) is 0 Å². The van der Waals surface area contributed by atoms with Crippen molar-refractivity contribution in [2.24, 2.45) is 0 Å². The lowest BCUT2D eigenvalue weighted by Crippen LogP contribution is -1.98. The second kappa shape index (κ2) is 3.38. The number of hydrogen-bond acceptors (Lipinski definition) is 4. The molecule has 0 spiro atoms. The second-order valence-electron chi connectivity index (χ2n) is 1.61. The summed E-state index contributed by atoms with van der Waals surface area (Å²) in [4.78, 5) is 7.43. The van der Waals surface area contributed by atoms with Gasteiger partial charge in [0.15, 0.2) is 0 Å². The van der Waals surface area contributed by atoms with Crippen molar-refractivity contribution in [3.05, 3.63) is 24.3 Å². The molecule has 0 N–H and O–H groups in total. The van der Waals surface area contributed by atoms with Crippen molar-refractivity contribution in [2.75, 3.05) is 0 Å². The molecule has 4 nitrogen and oxygen atoms in total. The molecular formula is C5H5N2O2S-. The van der Waals surface area contributed by atoms with E-state index >= 15 is 0 Å². The Balaban J connectivity index is 2.67. The Labute approximate surface area is 60.6 Å². The SMILES string of the molecule is O=S([O-])Cc1ncccn1. The van der Waals surface area contributed by atoms with Crippen LogP contribution >= 0.6 is 0 Å². The summed E-state index contributed by atoms with van der Waals surface area (Å²) < 4.78 is 20.2. The third-order valence-electron chi connectivity index (χ3n) is 0.866. The molecule has 0 aliphatic rings. The van der Waals surface area contributed by atoms with Crippen molar-refractivity contribution in [3.8, 4) is 0 Å². The Morgan fingerprint density at radius 3 is 2.60 bits per heavy atom. The van der Waals surface area contributed by atoms with Gasteiger partial charge in [0.1, 0.15) is 5.82 Å². The standard InChI is InChI=1S/C5H6N2O2S/c8-10(9)4-5-6-2-1-3-7-5/h1-3H,4H2,(H,8,9)/p-1. The van der Waals surface area contributed by atoms with E-state index in [1.165, 1.54) is 12.4 Å². The Hall–Kier alpha value is -0.810. The highest BCUT2D eigenvalue weighted by atomic mass is 32.2. The van der Waals surface area contributed by atoms with Crippen LogP contribution in [0.15, 0.2) is 18.5 Å². The molecule has 54 valence electrons. The molecule has 0 aromatic carbocycles. The lowest BCUT2D eigenvalue weighted by atomic mass is 10.6. The molecule has 0 saturated carbocycles. The lowest BCUT2D eigenvalue weighted by molar-refractivity contribution is 0.535. The molecule has 0 amide bonds. The van der Waals surface area contributed by atoms with Crippen LogP contribution in [0.25, 0.3) is 0 Å². The summed E-state index contributed by atoms with van der Waals surface area (Å²) in [5.41, 5.74) is 0. The fourth-order valence-corrected chi connectivity index (χ4v) is 0.870. The average Bonchev–Trinajstić information content (AvgIpc) is 1.88. The van der Waals surface area contributed by atoms with Crippen LogP contribution in [0.2, 0.25) is 0 Å². The second-order valence-corrected chi connectivity index (χ2v) is 2.51. The molecule has 10 heavy (non-hydrogen) atoms. The summed E-state index contributed by atoms with van der Waals surface area (Å²) in [7, 11) is 0. The topological polar surface area (TPSA) is 65.9 Å². The zero-order valence-corrected chi connectivity index (χ0v) is 5.87. The first kappa shape index (κ1) is 7.30. The first-order valence-electron chi connectivity index (χ1n) is 2.61. The van der Waals surface area contributed by atoms with Gasteiger partial charge in [-0.2, -0.15) is 0 Å². The maximum Gasteiger partial charge on any atom is 0.139 e. The minimum Gasteiger partial charge on any atom is -0.772 e. The molecular weight excluding hydrogens is 152 g/mol. The maximum absolute atomic E-state index is 10.1. The van der Waals surface area contributed by atoms with Crippen LogP contribution in [0, 0.1) is 0 Å². The van der Waals surface area contributed by atoms with Gasteiger partial charge in [-0.1, -0.05) is 0 Å². The largest absolute Gasteiger partial charge is 0.772 e. The van der Waals surface area contributed by atoms with Gasteiger partial charge in [0, 0.05) is 12.4 Å². The molecule has 1 aromatic rings. The van der Waals surface area contributed by atoms with Gasteiger partial charge < -0.3 is 4.55 Å². The Kier molecular flexibility index (Phi) is 2.47. The van der Waals surface area contributed by atoms with Gasteiger partial charge in [-0.05, 0) is 17.1 Å². The summed E-state index contributed by atoms with van der Waals surface area (Å²) in [6.45, 7) is 0. The Morgan fingerprint density at radius 1 is 1.50 bits per heavy atom. The van der Waals surface area contributed by atoms with Crippen molar-refractivity contribution in [2.45, 2.75) is 5.75 Å². The summed E-state index contributed by atoms with van der Waals surface area (Å²) >= 11 is -2.09. The maximum atomic E-state index is 10.1. The number of hydrogen-bond donors (Lipinski definition) is 0. The predicted molar refractivity (Wildman–Crippen MR) is 34.7 cm³/mol. The smallest absolute Gasteiger partial charge is 0.139 e. The summed E-state index contributed by atoms with van der Waals surface area (Å²) in [5, 5.41) is 0. The van der Waals surface area contributed by atoms with Gasteiger partial charge in [-0.25, -0.2) is 9.97 Å². The summed E-state index contributed by atoms with van der Waals surface area (Å²) in [5.74, 6) is 0.219. The van der Waals surface area contributed by atoms with Crippen molar-refractivity contribution in [1.82, 2.24) is 9.97 Å². The van der Waals surface area contributed by atoms with E-state index in [0.717, 1.165) is 0 Å². The van der Waals surface area contributed by atoms with Gasteiger partial charge in [0.25, 0.3) is 0 Å². The number of nitrogens with zero attached hydrogens (tertiary/aromatic N) is 2. The van der Waals surface area contributed by atoms with Gasteiger partial charge in [0.2, 0.25) is 0 Å². The minimum atomic E-state index is -2.09. The third kappa shape index (κ3) is 2.20. The molecule has 0 radical (unpaired) electrons. The molecule has 1 atom stereocenters. The molecule has 0 bridgehead atoms. The molecule has 0 fully saturated rings.